The van der Waals surface area contributed by atoms with Crippen LogP contribution in [0.5, 0.6) is 0 Å². The van der Waals surface area contributed by atoms with Crippen LogP contribution in [0.25, 0.3) is 0 Å². The second-order valence-electron chi connectivity index (χ2n) is 5.10. The molecule has 1 aromatic heterocycles. The van der Waals surface area contributed by atoms with Gasteiger partial charge in [0.2, 0.25) is 0 Å². The summed E-state index contributed by atoms with van der Waals surface area (Å²) in [6.45, 7) is 0. The summed E-state index contributed by atoms with van der Waals surface area (Å²) in [5.41, 5.74) is 2.33. The Kier molecular flexibility index (Phi) is 4.66. The highest BCUT2D eigenvalue weighted by Crippen LogP contribution is 2.20. The van der Waals surface area contributed by atoms with E-state index in [0.29, 0.717) is 0 Å². The Morgan fingerprint density at radius 1 is 0.909 bits per heavy atom. The molecule has 22 heavy (non-hydrogen) atoms. The van der Waals surface area contributed by atoms with Gasteiger partial charge >= 0.3 is 0 Å². The highest BCUT2D eigenvalue weighted by molar-refractivity contribution is 7.12. The second-order valence-corrected chi connectivity index (χ2v) is 6.05. The minimum absolute atomic E-state index is 0.0141. The first-order valence-corrected chi connectivity index (χ1v) is 8.14. The monoisotopic (exact) mass is 307 g/mol. The van der Waals surface area contributed by atoms with Crippen LogP contribution in [-0.2, 0) is 6.42 Å². The number of carbonyl (C=O) groups excluding carboxylic acids is 1. The standard InChI is InChI=1S/C19H17NOS/c21-19(18-12-7-13-22-18)20-17(16-10-5-2-6-11-16)14-15-8-3-1-4-9-15/h1-13,17H,14H2,(H,20,21)/t17-/m0/s1. The topological polar surface area (TPSA) is 29.1 Å². The predicted molar refractivity (Wildman–Crippen MR) is 91.1 cm³/mol. The van der Waals surface area contributed by atoms with Crippen LogP contribution < -0.4 is 5.32 Å². The number of benzene rings is 2. The number of hydrogen-bond acceptors (Lipinski definition) is 2. The number of hydrogen-bond donors (Lipinski definition) is 1. The molecule has 1 N–H and O–H groups in total. The molecule has 0 bridgehead atoms. The maximum atomic E-state index is 12.4. The lowest BCUT2D eigenvalue weighted by molar-refractivity contribution is 0.0940. The van der Waals surface area contributed by atoms with Crippen molar-refractivity contribution in [2.24, 2.45) is 0 Å². The first-order valence-electron chi connectivity index (χ1n) is 7.26. The van der Waals surface area contributed by atoms with Gasteiger partial charge in [0.25, 0.3) is 5.91 Å². The van der Waals surface area contributed by atoms with Gasteiger partial charge in [0, 0.05) is 0 Å². The van der Waals surface area contributed by atoms with Gasteiger partial charge in [0.15, 0.2) is 0 Å². The summed E-state index contributed by atoms with van der Waals surface area (Å²) in [5.74, 6) is -0.0141. The largest absolute Gasteiger partial charge is 0.344 e. The molecule has 110 valence electrons. The number of rotatable bonds is 5. The van der Waals surface area contributed by atoms with E-state index >= 15 is 0 Å². The van der Waals surface area contributed by atoms with Gasteiger partial charge in [0.05, 0.1) is 10.9 Å². The van der Waals surface area contributed by atoms with Crippen molar-refractivity contribution in [2.75, 3.05) is 0 Å². The smallest absolute Gasteiger partial charge is 0.261 e. The predicted octanol–water partition coefficient (Wildman–Crippen LogP) is 4.46. The number of amides is 1. The Bertz CT molecular complexity index is 708. The molecule has 1 atom stereocenters. The van der Waals surface area contributed by atoms with Crippen molar-refractivity contribution in [3.63, 3.8) is 0 Å². The van der Waals surface area contributed by atoms with Gasteiger partial charge in [-0.05, 0) is 29.0 Å². The zero-order valence-electron chi connectivity index (χ0n) is 12.1. The Labute approximate surface area is 134 Å². The molecule has 3 rings (SSSR count). The van der Waals surface area contributed by atoms with E-state index in [4.69, 9.17) is 0 Å². The van der Waals surface area contributed by atoms with E-state index in [0.717, 1.165) is 16.9 Å². The van der Waals surface area contributed by atoms with E-state index in [2.05, 4.69) is 29.6 Å². The minimum atomic E-state index is -0.0294. The summed E-state index contributed by atoms with van der Waals surface area (Å²) >= 11 is 1.46. The zero-order chi connectivity index (χ0) is 15.2. The molecule has 0 fully saturated rings. The Morgan fingerprint density at radius 2 is 1.59 bits per heavy atom. The van der Waals surface area contributed by atoms with Crippen LogP contribution in [0.3, 0.4) is 0 Å². The second kappa shape index (κ2) is 7.05. The summed E-state index contributed by atoms with van der Waals surface area (Å²) in [4.78, 5) is 13.1. The Balaban J connectivity index is 1.82. The number of thiophene rings is 1. The van der Waals surface area contributed by atoms with Crippen molar-refractivity contribution in [2.45, 2.75) is 12.5 Å². The van der Waals surface area contributed by atoms with Crippen molar-refractivity contribution in [3.8, 4) is 0 Å². The first-order chi connectivity index (χ1) is 10.8. The van der Waals surface area contributed by atoms with Gasteiger partial charge in [-0.2, -0.15) is 0 Å². The molecular formula is C19H17NOS. The molecule has 3 aromatic rings. The molecule has 1 heterocycles. The summed E-state index contributed by atoms with van der Waals surface area (Å²) in [5, 5.41) is 5.08. The molecule has 0 aliphatic carbocycles. The fourth-order valence-electron chi connectivity index (χ4n) is 2.42. The molecule has 0 radical (unpaired) electrons. The van der Waals surface area contributed by atoms with Crippen molar-refractivity contribution < 1.29 is 4.79 Å². The quantitative estimate of drug-likeness (QED) is 0.740. The summed E-state index contributed by atoms with van der Waals surface area (Å²) in [6.07, 6.45) is 0.780. The van der Waals surface area contributed by atoms with Crippen molar-refractivity contribution in [1.82, 2.24) is 5.32 Å². The fraction of sp³-hybridized carbons (Fsp3) is 0.105. The average Bonchev–Trinajstić information content (AvgIpc) is 3.11. The van der Waals surface area contributed by atoms with Crippen LogP contribution in [-0.4, -0.2) is 5.91 Å². The first kappa shape index (κ1) is 14.5. The van der Waals surface area contributed by atoms with Gasteiger partial charge < -0.3 is 5.32 Å². The molecule has 2 aromatic carbocycles. The van der Waals surface area contributed by atoms with Gasteiger partial charge in [-0.1, -0.05) is 66.7 Å². The normalized spacial score (nSPS) is 11.8. The summed E-state index contributed by atoms with van der Waals surface area (Å²) in [7, 11) is 0. The van der Waals surface area contributed by atoms with E-state index in [9.17, 15) is 4.79 Å². The van der Waals surface area contributed by atoms with E-state index in [-0.39, 0.29) is 11.9 Å². The van der Waals surface area contributed by atoms with Crippen molar-refractivity contribution in [1.29, 1.82) is 0 Å². The Morgan fingerprint density at radius 3 is 2.23 bits per heavy atom. The minimum Gasteiger partial charge on any atom is -0.344 e. The van der Waals surface area contributed by atoms with Crippen LogP contribution in [0.2, 0.25) is 0 Å². The zero-order valence-corrected chi connectivity index (χ0v) is 12.9. The molecule has 3 heteroatoms. The number of nitrogens with one attached hydrogen (secondary N) is 1. The van der Waals surface area contributed by atoms with Crippen LogP contribution in [0, 0.1) is 0 Å². The number of carbonyl (C=O) groups is 1. The third-order valence-electron chi connectivity index (χ3n) is 3.53. The van der Waals surface area contributed by atoms with Crippen LogP contribution in [0.4, 0.5) is 0 Å². The van der Waals surface area contributed by atoms with Gasteiger partial charge in [-0.25, -0.2) is 0 Å². The lowest BCUT2D eigenvalue weighted by Gasteiger charge is -2.19. The van der Waals surface area contributed by atoms with Gasteiger partial charge in [0.1, 0.15) is 0 Å². The maximum absolute atomic E-state index is 12.4. The average molecular weight is 307 g/mol. The maximum Gasteiger partial charge on any atom is 0.261 e. The SMILES string of the molecule is O=C(N[C@@H](Cc1ccccc1)c1ccccc1)c1cccs1. The molecule has 0 saturated heterocycles. The highest BCUT2D eigenvalue weighted by Gasteiger charge is 2.16. The molecular weight excluding hydrogens is 290 g/mol. The van der Waals surface area contributed by atoms with E-state index in [1.807, 2.05) is 53.9 Å². The molecule has 0 aliphatic heterocycles. The molecule has 0 saturated carbocycles. The summed E-state index contributed by atoms with van der Waals surface area (Å²) in [6, 6.07) is 24.1. The van der Waals surface area contributed by atoms with Crippen molar-refractivity contribution in [3.05, 3.63) is 94.2 Å². The summed E-state index contributed by atoms with van der Waals surface area (Å²) < 4.78 is 0. The molecule has 0 spiro atoms. The third kappa shape index (κ3) is 3.62. The fourth-order valence-corrected chi connectivity index (χ4v) is 3.05. The molecule has 2 nitrogen and oxygen atoms in total. The van der Waals surface area contributed by atoms with Crippen molar-refractivity contribution >= 4 is 17.2 Å². The van der Waals surface area contributed by atoms with Gasteiger partial charge in [-0.3, -0.25) is 4.79 Å². The molecule has 0 unspecified atom stereocenters. The van der Waals surface area contributed by atoms with Crippen LogP contribution in [0.15, 0.2) is 78.2 Å². The van der Waals surface area contributed by atoms with Crippen LogP contribution >= 0.6 is 11.3 Å². The van der Waals surface area contributed by atoms with E-state index in [1.165, 1.54) is 16.9 Å². The van der Waals surface area contributed by atoms with Crippen LogP contribution in [0.1, 0.15) is 26.8 Å². The molecule has 1 amide bonds. The lowest BCUT2D eigenvalue weighted by Crippen LogP contribution is -2.29. The third-order valence-corrected chi connectivity index (χ3v) is 4.40. The highest BCUT2D eigenvalue weighted by atomic mass is 32.1. The van der Waals surface area contributed by atoms with E-state index < -0.39 is 0 Å². The van der Waals surface area contributed by atoms with E-state index in [1.54, 1.807) is 0 Å². The molecule has 0 aliphatic rings. The Hall–Kier alpha value is -2.39. The lowest BCUT2D eigenvalue weighted by atomic mass is 9.99. The van der Waals surface area contributed by atoms with Gasteiger partial charge in [-0.15, -0.1) is 11.3 Å².